The number of halogens is 2. The molecule has 0 saturated heterocycles. The predicted octanol–water partition coefficient (Wildman–Crippen LogP) is 6.26. The molecule has 0 fully saturated rings. The van der Waals surface area contributed by atoms with E-state index in [-0.39, 0.29) is 24.8 Å². The Morgan fingerprint density at radius 1 is 0.829 bits per heavy atom. The van der Waals surface area contributed by atoms with Crippen molar-refractivity contribution in [1.29, 1.82) is 0 Å². The predicted molar refractivity (Wildman–Crippen MR) is 144 cm³/mol. The standard InChI is InChI=1S/C29H32Cl2N2O2/c1-3-21-13-15-22(16-14-21)17-18-28(34)33(20-24-25(30)11-8-12-26(24)31)27(29(35)32-4-2)19-23-9-6-5-7-10-23/h5-16,27H,3-4,17-20H2,1-2H3,(H,32,35). The van der Waals surface area contributed by atoms with E-state index in [2.05, 4.69) is 36.5 Å². The quantitative estimate of drug-likeness (QED) is 0.330. The van der Waals surface area contributed by atoms with E-state index < -0.39 is 6.04 Å². The van der Waals surface area contributed by atoms with Crippen molar-refractivity contribution in [2.75, 3.05) is 6.54 Å². The van der Waals surface area contributed by atoms with Crippen LogP contribution in [0, 0.1) is 0 Å². The lowest BCUT2D eigenvalue weighted by Gasteiger charge is -2.32. The Morgan fingerprint density at radius 3 is 2.06 bits per heavy atom. The first kappa shape index (κ1) is 26.8. The molecule has 3 rings (SSSR count). The molecule has 0 bridgehead atoms. The molecule has 1 N–H and O–H groups in total. The van der Waals surface area contributed by atoms with Crippen LogP contribution >= 0.6 is 23.2 Å². The van der Waals surface area contributed by atoms with E-state index in [9.17, 15) is 9.59 Å². The molecule has 35 heavy (non-hydrogen) atoms. The summed E-state index contributed by atoms with van der Waals surface area (Å²) < 4.78 is 0. The van der Waals surface area contributed by atoms with Gasteiger partial charge in [0.2, 0.25) is 11.8 Å². The highest BCUT2D eigenvalue weighted by atomic mass is 35.5. The number of aryl methyl sites for hydroxylation is 2. The number of carbonyl (C=O) groups excluding carboxylic acids is 2. The molecule has 0 radical (unpaired) electrons. The molecule has 3 aromatic carbocycles. The molecule has 184 valence electrons. The van der Waals surface area contributed by atoms with Crippen molar-refractivity contribution >= 4 is 35.0 Å². The molecule has 2 amide bonds. The second kappa shape index (κ2) is 13.3. The number of likely N-dealkylation sites (N-methyl/N-ethyl adjacent to an activating group) is 1. The van der Waals surface area contributed by atoms with Crippen LogP contribution in [0.25, 0.3) is 0 Å². The zero-order valence-corrected chi connectivity index (χ0v) is 21.8. The fourth-order valence-electron chi connectivity index (χ4n) is 4.04. The second-order valence-electron chi connectivity index (χ2n) is 8.49. The molecule has 6 heteroatoms. The van der Waals surface area contributed by atoms with Crippen molar-refractivity contribution in [3.63, 3.8) is 0 Å². The van der Waals surface area contributed by atoms with Crippen molar-refractivity contribution in [3.8, 4) is 0 Å². The highest BCUT2D eigenvalue weighted by Gasteiger charge is 2.30. The molecule has 0 aliphatic rings. The lowest BCUT2D eigenvalue weighted by Crippen LogP contribution is -2.50. The fourth-order valence-corrected chi connectivity index (χ4v) is 4.55. The topological polar surface area (TPSA) is 49.4 Å². The Morgan fingerprint density at radius 2 is 1.46 bits per heavy atom. The van der Waals surface area contributed by atoms with Gasteiger partial charge < -0.3 is 10.2 Å². The summed E-state index contributed by atoms with van der Waals surface area (Å²) in [5.74, 6) is -0.312. The van der Waals surface area contributed by atoms with E-state index >= 15 is 0 Å². The number of rotatable bonds is 11. The Bertz CT molecular complexity index is 1100. The first-order valence-electron chi connectivity index (χ1n) is 12.0. The number of nitrogens with zero attached hydrogens (tertiary/aromatic N) is 1. The Balaban J connectivity index is 1.91. The van der Waals surface area contributed by atoms with Gasteiger partial charge in [0.25, 0.3) is 0 Å². The summed E-state index contributed by atoms with van der Waals surface area (Å²) in [5.41, 5.74) is 3.96. The minimum Gasteiger partial charge on any atom is -0.355 e. The van der Waals surface area contributed by atoms with Gasteiger partial charge in [-0.2, -0.15) is 0 Å². The number of benzene rings is 3. The summed E-state index contributed by atoms with van der Waals surface area (Å²) in [7, 11) is 0. The van der Waals surface area contributed by atoms with E-state index in [1.807, 2.05) is 37.3 Å². The summed E-state index contributed by atoms with van der Waals surface area (Å²) in [6.45, 7) is 4.61. The monoisotopic (exact) mass is 510 g/mol. The maximum absolute atomic E-state index is 13.7. The summed E-state index contributed by atoms with van der Waals surface area (Å²) >= 11 is 12.9. The van der Waals surface area contributed by atoms with Crippen LogP contribution in [-0.4, -0.2) is 29.3 Å². The van der Waals surface area contributed by atoms with Gasteiger partial charge in [-0.25, -0.2) is 0 Å². The third-order valence-electron chi connectivity index (χ3n) is 6.07. The maximum atomic E-state index is 13.7. The van der Waals surface area contributed by atoms with Crippen LogP contribution in [0.4, 0.5) is 0 Å². The molecule has 0 aliphatic carbocycles. The lowest BCUT2D eigenvalue weighted by molar-refractivity contribution is -0.141. The molecule has 0 aromatic heterocycles. The molecule has 3 aromatic rings. The van der Waals surface area contributed by atoms with Crippen molar-refractivity contribution in [2.24, 2.45) is 0 Å². The van der Waals surface area contributed by atoms with Gasteiger partial charge in [-0.1, -0.05) is 90.8 Å². The van der Waals surface area contributed by atoms with Crippen LogP contribution in [0.2, 0.25) is 10.0 Å². The third kappa shape index (κ3) is 7.58. The van der Waals surface area contributed by atoms with Gasteiger partial charge >= 0.3 is 0 Å². The molecule has 4 nitrogen and oxygen atoms in total. The summed E-state index contributed by atoms with van der Waals surface area (Å²) in [6.07, 6.45) is 2.23. The first-order valence-corrected chi connectivity index (χ1v) is 12.8. The van der Waals surface area contributed by atoms with E-state index in [1.165, 1.54) is 5.56 Å². The van der Waals surface area contributed by atoms with Crippen LogP contribution in [0.5, 0.6) is 0 Å². The number of nitrogens with one attached hydrogen (secondary N) is 1. The van der Waals surface area contributed by atoms with E-state index in [0.717, 1.165) is 17.5 Å². The molecule has 1 unspecified atom stereocenters. The minimum atomic E-state index is -0.695. The minimum absolute atomic E-state index is 0.118. The van der Waals surface area contributed by atoms with E-state index in [4.69, 9.17) is 23.2 Å². The average molecular weight is 511 g/mol. The SMILES string of the molecule is CCNC(=O)C(Cc1ccccc1)N(Cc1c(Cl)cccc1Cl)C(=O)CCc1ccc(CC)cc1. The van der Waals surface area contributed by atoms with E-state index in [1.54, 1.807) is 23.1 Å². The van der Waals surface area contributed by atoms with Gasteiger partial charge in [-0.05, 0) is 48.6 Å². The number of amides is 2. The highest BCUT2D eigenvalue weighted by Crippen LogP contribution is 2.27. The largest absolute Gasteiger partial charge is 0.355 e. The first-order chi connectivity index (χ1) is 16.9. The molecule has 0 heterocycles. The smallest absolute Gasteiger partial charge is 0.243 e. The highest BCUT2D eigenvalue weighted by molar-refractivity contribution is 6.36. The van der Waals surface area contributed by atoms with Crippen LogP contribution in [0.15, 0.2) is 72.8 Å². The Kier molecular flexibility index (Phi) is 10.2. The van der Waals surface area contributed by atoms with Crippen LogP contribution < -0.4 is 5.32 Å². The van der Waals surface area contributed by atoms with Gasteiger partial charge in [0.05, 0.1) is 0 Å². The van der Waals surface area contributed by atoms with Crippen molar-refractivity contribution in [1.82, 2.24) is 10.2 Å². The fraction of sp³-hybridized carbons (Fsp3) is 0.310. The summed E-state index contributed by atoms with van der Waals surface area (Å²) in [5, 5.41) is 3.85. The number of carbonyl (C=O) groups is 2. The molecule has 1 atom stereocenters. The van der Waals surface area contributed by atoms with Gasteiger partial charge in [0.15, 0.2) is 0 Å². The van der Waals surface area contributed by atoms with Crippen LogP contribution in [0.1, 0.15) is 42.5 Å². The second-order valence-corrected chi connectivity index (χ2v) is 9.31. The van der Waals surface area contributed by atoms with Gasteiger partial charge in [0.1, 0.15) is 6.04 Å². The maximum Gasteiger partial charge on any atom is 0.243 e. The van der Waals surface area contributed by atoms with Crippen LogP contribution in [0.3, 0.4) is 0 Å². The molecular weight excluding hydrogens is 479 g/mol. The third-order valence-corrected chi connectivity index (χ3v) is 6.78. The molecule has 0 aliphatic heterocycles. The van der Waals surface area contributed by atoms with Gasteiger partial charge in [0, 0.05) is 41.5 Å². The molecule has 0 spiro atoms. The zero-order chi connectivity index (χ0) is 25.2. The summed E-state index contributed by atoms with van der Waals surface area (Å²) in [4.78, 5) is 28.5. The van der Waals surface area contributed by atoms with Crippen molar-refractivity contribution in [3.05, 3.63) is 105 Å². The number of hydrogen-bond acceptors (Lipinski definition) is 2. The average Bonchev–Trinajstić information content (AvgIpc) is 2.87. The zero-order valence-electron chi connectivity index (χ0n) is 20.3. The molecule has 0 saturated carbocycles. The van der Waals surface area contributed by atoms with Crippen molar-refractivity contribution < 1.29 is 9.59 Å². The van der Waals surface area contributed by atoms with E-state index in [0.29, 0.717) is 35.0 Å². The van der Waals surface area contributed by atoms with Crippen molar-refractivity contribution in [2.45, 2.75) is 52.1 Å². The lowest BCUT2D eigenvalue weighted by atomic mass is 10.0. The van der Waals surface area contributed by atoms with Gasteiger partial charge in [-0.3, -0.25) is 9.59 Å². The van der Waals surface area contributed by atoms with Gasteiger partial charge in [-0.15, -0.1) is 0 Å². The Hall–Kier alpha value is -2.82. The number of hydrogen-bond donors (Lipinski definition) is 1. The summed E-state index contributed by atoms with van der Waals surface area (Å²) in [6, 6.07) is 22.6. The normalized spacial score (nSPS) is 11.7. The van der Waals surface area contributed by atoms with Crippen LogP contribution in [-0.2, 0) is 35.4 Å². The molecular formula is C29H32Cl2N2O2. The Labute approximate surface area is 218 Å².